The van der Waals surface area contributed by atoms with Crippen LogP contribution >= 0.6 is 0 Å². The number of amides is 1. The van der Waals surface area contributed by atoms with Crippen LogP contribution in [0.5, 0.6) is 0 Å². The van der Waals surface area contributed by atoms with Crippen molar-refractivity contribution in [2.45, 2.75) is 57.3 Å². The van der Waals surface area contributed by atoms with Gasteiger partial charge in [-0.3, -0.25) is 9.48 Å². The van der Waals surface area contributed by atoms with Crippen molar-refractivity contribution in [1.82, 2.24) is 14.7 Å². The van der Waals surface area contributed by atoms with Gasteiger partial charge in [-0.25, -0.2) is 0 Å². The lowest BCUT2D eigenvalue weighted by Crippen LogP contribution is -2.40. The minimum Gasteiger partial charge on any atom is -0.376 e. The molecule has 0 aromatic carbocycles. The van der Waals surface area contributed by atoms with Gasteiger partial charge in [0.05, 0.1) is 24.9 Å². The maximum absolute atomic E-state index is 12.7. The van der Waals surface area contributed by atoms with Crippen molar-refractivity contribution in [3.05, 3.63) is 18.0 Å². The minimum atomic E-state index is -0.419. The Morgan fingerprint density at radius 3 is 3.00 bits per heavy atom. The summed E-state index contributed by atoms with van der Waals surface area (Å²) < 4.78 is 13.3. The Labute approximate surface area is 137 Å². The van der Waals surface area contributed by atoms with Crippen LogP contribution in [0.2, 0.25) is 0 Å². The Kier molecular flexibility index (Phi) is 5.33. The number of hydrogen-bond acceptors (Lipinski definition) is 4. The zero-order chi connectivity index (χ0) is 16.2. The number of carbonyl (C=O) groups excluding carboxylic acids is 1. The molecule has 1 amide bonds. The lowest BCUT2D eigenvalue weighted by Gasteiger charge is -2.28. The Morgan fingerprint density at radius 2 is 2.30 bits per heavy atom. The fourth-order valence-corrected chi connectivity index (χ4v) is 3.48. The molecule has 0 radical (unpaired) electrons. The highest BCUT2D eigenvalue weighted by Gasteiger charge is 2.33. The van der Waals surface area contributed by atoms with E-state index in [2.05, 4.69) is 5.10 Å². The molecule has 128 valence electrons. The highest BCUT2D eigenvalue weighted by Crippen LogP contribution is 2.32. The summed E-state index contributed by atoms with van der Waals surface area (Å²) in [7, 11) is 1.90. The molecule has 2 saturated heterocycles. The molecule has 2 aliphatic rings. The number of hydrogen-bond donors (Lipinski definition) is 0. The summed E-state index contributed by atoms with van der Waals surface area (Å²) in [6.45, 7) is 3.97. The molecule has 23 heavy (non-hydrogen) atoms. The van der Waals surface area contributed by atoms with Crippen molar-refractivity contribution < 1.29 is 14.3 Å². The molecule has 3 atom stereocenters. The molecule has 0 unspecified atom stereocenters. The van der Waals surface area contributed by atoms with Crippen molar-refractivity contribution >= 4 is 5.91 Å². The van der Waals surface area contributed by atoms with Gasteiger partial charge >= 0.3 is 0 Å². The van der Waals surface area contributed by atoms with Gasteiger partial charge in [-0.15, -0.1) is 0 Å². The molecule has 0 N–H and O–H groups in total. The molecule has 0 bridgehead atoms. The van der Waals surface area contributed by atoms with Crippen molar-refractivity contribution in [3.63, 3.8) is 0 Å². The number of rotatable bonds is 5. The highest BCUT2D eigenvalue weighted by molar-refractivity contribution is 5.81. The molecule has 3 rings (SSSR count). The topological polar surface area (TPSA) is 56.6 Å². The van der Waals surface area contributed by atoms with E-state index in [9.17, 15) is 4.79 Å². The van der Waals surface area contributed by atoms with Crippen LogP contribution < -0.4 is 0 Å². The third-order valence-electron chi connectivity index (χ3n) is 4.80. The van der Waals surface area contributed by atoms with Crippen LogP contribution in [-0.2, 0) is 21.3 Å². The van der Waals surface area contributed by atoms with E-state index in [1.807, 2.05) is 31.3 Å². The molecular formula is C17H27N3O3. The van der Waals surface area contributed by atoms with Crippen LogP contribution in [0, 0.1) is 0 Å². The second-order valence-corrected chi connectivity index (χ2v) is 6.60. The SMILES string of the molecule is C[C@H](OC[C@H]1CCCCO1)C(=O)N1CCC[C@@H]1c1cnn(C)c1. The van der Waals surface area contributed by atoms with Crippen molar-refractivity contribution in [1.29, 1.82) is 0 Å². The van der Waals surface area contributed by atoms with Crippen LogP contribution in [0.1, 0.15) is 50.6 Å². The predicted molar refractivity (Wildman–Crippen MR) is 85.9 cm³/mol. The fraction of sp³-hybridized carbons (Fsp3) is 0.765. The van der Waals surface area contributed by atoms with Crippen LogP contribution in [-0.4, -0.2) is 52.6 Å². The number of likely N-dealkylation sites (tertiary alicyclic amines) is 1. The monoisotopic (exact) mass is 321 g/mol. The van der Waals surface area contributed by atoms with Gasteiger partial charge in [0.2, 0.25) is 0 Å². The standard InChI is InChI=1S/C17H27N3O3/c1-13(23-12-15-6-3-4-9-22-15)17(21)20-8-5-7-16(20)14-10-18-19(2)11-14/h10-11,13,15-16H,3-9,12H2,1-2H3/t13-,15+,16+/m0/s1. The van der Waals surface area contributed by atoms with Gasteiger partial charge in [-0.05, 0) is 39.0 Å². The lowest BCUT2D eigenvalue weighted by molar-refractivity contribution is -0.147. The van der Waals surface area contributed by atoms with Crippen LogP contribution in [0.4, 0.5) is 0 Å². The van der Waals surface area contributed by atoms with Gasteiger partial charge in [0.1, 0.15) is 6.10 Å². The van der Waals surface area contributed by atoms with E-state index < -0.39 is 6.10 Å². The number of aryl methyl sites for hydroxylation is 1. The molecule has 1 aromatic rings. The van der Waals surface area contributed by atoms with E-state index in [4.69, 9.17) is 9.47 Å². The third-order valence-corrected chi connectivity index (χ3v) is 4.80. The fourth-order valence-electron chi connectivity index (χ4n) is 3.48. The quantitative estimate of drug-likeness (QED) is 0.833. The molecule has 0 spiro atoms. The first-order chi connectivity index (χ1) is 11.1. The van der Waals surface area contributed by atoms with Crippen LogP contribution in [0.25, 0.3) is 0 Å². The molecule has 2 fully saturated rings. The van der Waals surface area contributed by atoms with Gasteiger partial charge in [0.25, 0.3) is 5.91 Å². The Hall–Kier alpha value is -1.40. The van der Waals surface area contributed by atoms with Crippen LogP contribution in [0.3, 0.4) is 0 Å². The van der Waals surface area contributed by atoms with Crippen LogP contribution in [0.15, 0.2) is 12.4 Å². The number of aromatic nitrogens is 2. The van der Waals surface area contributed by atoms with E-state index in [0.717, 1.165) is 44.4 Å². The zero-order valence-electron chi connectivity index (χ0n) is 14.1. The summed E-state index contributed by atoms with van der Waals surface area (Å²) in [5, 5.41) is 4.23. The lowest BCUT2D eigenvalue weighted by atomic mass is 10.1. The van der Waals surface area contributed by atoms with Crippen molar-refractivity contribution in [3.8, 4) is 0 Å². The van der Waals surface area contributed by atoms with Gasteiger partial charge in [-0.1, -0.05) is 0 Å². The number of ether oxygens (including phenoxy) is 2. The second kappa shape index (κ2) is 7.45. The average molecular weight is 321 g/mol. The molecule has 6 nitrogen and oxygen atoms in total. The Balaban J connectivity index is 1.55. The minimum absolute atomic E-state index is 0.0761. The Morgan fingerprint density at radius 1 is 1.43 bits per heavy atom. The summed E-state index contributed by atoms with van der Waals surface area (Å²) in [6, 6.07) is 0.133. The van der Waals surface area contributed by atoms with E-state index >= 15 is 0 Å². The smallest absolute Gasteiger partial charge is 0.251 e. The molecular weight excluding hydrogens is 294 g/mol. The van der Waals surface area contributed by atoms with Gasteiger partial charge in [0.15, 0.2) is 0 Å². The van der Waals surface area contributed by atoms with E-state index in [1.54, 1.807) is 4.68 Å². The molecule has 1 aromatic heterocycles. The van der Waals surface area contributed by atoms with Gasteiger partial charge < -0.3 is 14.4 Å². The summed E-state index contributed by atoms with van der Waals surface area (Å²) >= 11 is 0. The first-order valence-electron chi connectivity index (χ1n) is 8.67. The average Bonchev–Trinajstić information content (AvgIpc) is 3.21. The van der Waals surface area contributed by atoms with Crippen molar-refractivity contribution in [2.24, 2.45) is 7.05 Å². The summed E-state index contributed by atoms with van der Waals surface area (Å²) in [5.74, 6) is 0.0761. The van der Waals surface area contributed by atoms with E-state index in [0.29, 0.717) is 6.61 Å². The van der Waals surface area contributed by atoms with Crippen molar-refractivity contribution in [2.75, 3.05) is 19.8 Å². The van der Waals surface area contributed by atoms with Gasteiger partial charge in [0, 0.05) is 32.0 Å². The normalized spacial score (nSPS) is 26.4. The molecule has 0 aliphatic carbocycles. The molecule has 0 saturated carbocycles. The summed E-state index contributed by atoms with van der Waals surface area (Å²) in [4.78, 5) is 14.7. The van der Waals surface area contributed by atoms with Gasteiger partial charge in [-0.2, -0.15) is 5.10 Å². The summed E-state index contributed by atoms with van der Waals surface area (Å²) in [6.07, 6.45) is 8.96. The number of nitrogens with zero attached hydrogens (tertiary/aromatic N) is 3. The zero-order valence-corrected chi connectivity index (χ0v) is 14.1. The second-order valence-electron chi connectivity index (χ2n) is 6.60. The van der Waals surface area contributed by atoms with E-state index in [-0.39, 0.29) is 18.1 Å². The first kappa shape index (κ1) is 16.5. The first-order valence-corrected chi connectivity index (χ1v) is 8.67. The predicted octanol–water partition coefficient (Wildman–Crippen LogP) is 2.06. The third kappa shape index (κ3) is 3.93. The Bertz CT molecular complexity index is 525. The largest absolute Gasteiger partial charge is 0.376 e. The molecule has 6 heteroatoms. The number of carbonyl (C=O) groups is 1. The van der Waals surface area contributed by atoms with E-state index in [1.165, 1.54) is 6.42 Å². The molecule has 2 aliphatic heterocycles. The molecule has 3 heterocycles. The highest BCUT2D eigenvalue weighted by atomic mass is 16.5. The maximum atomic E-state index is 12.7. The summed E-state index contributed by atoms with van der Waals surface area (Å²) in [5.41, 5.74) is 1.11. The maximum Gasteiger partial charge on any atom is 0.251 e.